The average molecular weight is 246 g/mol. The van der Waals surface area contributed by atoms with E-state index in [0.717, 1.165) is 35.6 Å². The lowest BCUT2D eigenvalue weighted by atomic mass is 9.89. The van der Waals surface area contributed by atoms with Crippen molar-refractivity contribution < 1.29 is 4.74 Å². The van der Waals surface area contributed by atoms with E-state index in [1.54, 1.807) is 0 Å². The lowest BCUT2D eigenvalue weighted by Crippen LogP contribution is -2.24. The summed E-state index contributed by atoms with van der Waals surface area (Å²) in [6, 6.07) is 5.78. The van der Waals surface area contributed by atoms with E-state index in [0.29, 0.717) is 6.10 Å². The molecule has 0 spiro atoms. The van der Waals surface area contributed by atoms with Crippen molar-refractivity contribution in [3.8, 4) is 5.75 Å². The Balaban J connectivity index is 2.05. The topological polar surface area (TPSA) is 59.1 Å². The molecule has 2 atom stereocenters. The van der Waals surface area contributed by atoms with Crippen LogP contribution in [0.2, 0.25) is 0 Å². The number of hydrogen-bond donors (Lipinski definition) is 2. The van der Waals surface area contributed by atoms with Gasteiger partial charge in [0.2, 0.25) is 0 Å². The predicted octanol–water partition coefficient (Wildman–Crippen LogP) is 3.24. The van der Waals surface area contributed by atoms with Gasteiger partial charge in [-0.3, -0.25) is 5.41 Å². The maximum absolute atomic E-state index is 7.46. The Labute approximate surface area is 109 Å². The third-order valence-corrected chi connectivity index (χ3v) is 3.68. The summed E-state index contributed by atoms with van der Waals surface area (Å²) < 4.78 is 6.03. The minimum atomic E-state index is 0.116. The number of ether oxygens (including phenoxy) is 1. The van der Waals surface area contributed by atoms with Crippen molar-refractivity contribution in [3.63, 3.8) is 0 Å². The monoisotopic (exact) mass is 246 g/mol. The quantitative estimate of drug-likeness (QED) is 0.635. The van der Waals surface area contributed by atoms with Crippen molar-refractivity contribution in [2.24, 2.45) is 11.7 Å². The third kappa shape index (κ3) is 3.03. The Hall–Kier alpha value is -1.51. The van der Waals surface area contributed by atoms with Crippen molar-refractivity contribution in [2.45, 2.75) is 45.6 Å². The number of rotatable bonds is 3. The number of nitrogen functional groups attached to an aromatic ring is 1. The summed E-state index contributed by atoms with van der Waals surface area (Å²) in [6.07, 6.45) is 5.22. The van der Waals surface area contributed by atoms with Gasteiger partial charge in [-0.05, 0) is 55.9 Å². The van der Waals surface area contributed by atoms with E-state index >= 15 is 0 Å². The Morgan fingerprint density at radius 2 is 2.17 bits per heavy atom. The van der Waals surface area contributed by atoms with Gasteiger partial charge in [0, 0.05) is 5.56 Å². The molecule has 98 valence electrons. The molecule has 1 aliphatic carbocycles. The van der Waals surface area contributed by atoms with Gasteiger partial charge in [-0.1, -0.05) is 13.3 Å². The van der Waals surface area contributed by atoms with Crippen LogP contribution in [0.15, 0.2) is 18.2 Å². The molecule has 0 aromatic heterocycles. The number of aryl methyl sites for hydroxylation is 1. The summed E-state index contributed by atoms with van der Waals surface area (Å²) in [5.74, 6) is 1.78. The van der Waals surface area contributed by atoms with Crippen LogP contribution in [0.3, 0.4) is 0 Å². The van der Waals surface area contributed by atoms with Crippen molar-refractivity contribution in [3.05, 3.63) is 29.3 Å². The molecule has 0 saturated heterocycles. The molecule has 0 bridgehead atoms. The largest absolute Gasteiger partial charge is 0.490 e. The fourth-order valence-corrected chi connectivity index (χ4v) is 2.69. The minimum Gasteiger partial charge on any atom is -0.490 e. The predicted molar refractivity (Wildman–Crippen MR) is 74.2 cm³/mol. The molecule has 1 saturated carbocycles. The average Bonchev–Trinajstić information content (AvgIpc) is 2.28. The Morgan fingerprint density at radius 3 is 2.78 bits per heavy atom. The van der Waals surface area contributed by atoms with Crippen LogP contribution in [0.4, 0.5) is 0 Å². The van der Waals surface area contributed by atoms with Gasteiger partial charge < -0.3 is 10.5 Å². The minimum absolute atomic E-state index is 0.116. The Bertz CT molecular complexity index is 442. The molecule has 1 aromatic rings. The Kier molecular flexibility index (Phi) is 3.90. The summed E-state index contributed by atoms with van der Waals surface area (Å²) in [5.41, 5.74) is 7.30. The lowest BCUT2D eigenvalue weighted by molar-refractivity contribution is 0.129. The van der Waals surface area contributed by atoms with E-state index in [1.807, 2.05) is 25.1 Å². The molecule has 2 unspecified atom stereocenters. The number of hydrogen-bond acceptors (Lipinski definition) is 2. The zero-order chi connectivity index (χ0) is 13.1. The van der Waals surface area contributed by atoms with Crippen LogP contribution in [-0.4, -0.2) is 11.9 Å². The second kappa shape index (κ2) is 5.42. The fraction of sp³-hybridized carbons (Fsp3) is 0.533. The summed E-state index contributed by atoms with van der Waals surface area (Å²) in [4.78, 5) is 0. The molecule has 1 fully saturated rings. The molecule has 3 N–H and O–H groups in total. The fourth-order valence-electron chi connectivity index (χ4n) is 2.69. The van der Waals surface area contributed by atoms with Crippen molar-refractivity contribution >= 4 is 5.84 Å². The van der Waals surface area contributed by atoms with Crippen LogP contribution in [0, 0.1) is 18.3 Å². The summed E-state index contributed by atoms with van der Waals surface area (Å²) >= 11 is 0. The van der Waals surface area contributed by atoms with E-state index in [9.17, 15) is 0 Å². The van der Waals surface area contributed by atoms with Gasteiger partial charge in [0.05, 0.1) is 6.10 Å². The Morgan fingerprint density at radius 1 is 1.39 bits per heavy atom. The molecule has 3 heteroatoms. The molecule has 0 radical (unpaired) electrons. The van der Waals surface area contributed by atoms with Crippen LogP contribution in [-0.2, 0) is 0 Å². The van der Waals surface area contributed by atoms with E-state index < -0.39 is 0 Å². The molecule has 2 rings (SSSR count). The highest BCUT2D eigenvalue weighted by Gasteiger charge is 2.20. The molecule has 0 amide bonds. The van der Waals surface area contributed by atoms with Gasteiger partial charge in [0.25, 0.3) is 0 Å². The highest BCUT2D eigenvalue weighted by molar-refractivity contribution is 5.96. The first kappa shape index (κ1) is 12.9. The lowest BCUT2D eigenvalue weighted by Gasteiger charge is -2.27. The molecule has 3 nitrogen and oxygen atoms in total. The number of benzene rings is 1. The number of amidine groups is 1. The smallest absolute Gasteiger partial charge is 0.123 e. The van der Waals surface area contributed by atoms with Crippen LogP contribution in [0.25, 0.3) is 0 Å². The highest BCUT2D eigenvalue weighted by Crippen LogP contribution is 2.28. The van der Waals surface area contributed by atoms with Gasteiger partial charge in [0.15, 0.2) is 0 Å². The van der Waals surface area contributed by atoms with Crippen LogP contribution >= 0.6 is 0 Å². The molecular weight excluding hydrogens is 224 g/mol. The maximum atomic E-state index is 7.46. The van der Waals surface area contributed by atoms with E-state index in [-0.39, 0.29) is 5.84 Å². The molecular formula is C15H22N2O. The van der Waals surface area contributed by atoms with Crippen molar-refractivity contribution in [1.82, 2.24) is 0 Å². The molecule has 0 heterocycles. The highest BCUT2D eigenvalue weighted by atomic mass is 16.5. The second-order valence-corrected chi connectivity index (χ2v) is 5.40. The first-order chi connectivity index (χ1) is 8.56. The zero-order valence-corrected chi connectivity index (χ0v) is 11.2. The first-order valence-electron chi connectivity index (χ1n) is 6.68. The van der Waals surface area contributed by atoms with E-state index in [2.05, 4.69) is 6.92 Å². The van der Waals surface area contributed by atoms with Crippen LogP contribution in [0.1, 0.15) is 43.7 Å². The summed E-state index contributed by atoms with van der Waals surface area (Å²) in [6.45, 7) is 4.26. The maximum Gasteiger partial charge on any atom is 0.123 e. The molecule has 1 aromatic carbocycles. The van der Waals surface area contributed by atoms with Crippen molar-refractivity contribution in [2.75, 3.05) is 0 Å². The normalized spacial score (nSPS) is 23.7. The number of nitrogens with two attached hydrogens (primary N) is 1. The van der Waals surface area contributed by atoms with Crippen molar-refractivity contribution in [1.29, 1.82) is 5.41 Å². The van der Waals surface area contributed by atoms with E-state index in [1.165, 1.54) is 12.8 Å². The van der Waals surface area contributed by atoms with Gasteiger partial charge in [-0.25, -0.2) is 0 Å². The number of nitrogens with one attached hydrogen (secondary N) is 1. The summed E-state index contributed by atoms with van der Waals surface area (Å²) in [7, 11) is 0. The molecule has 18 heavy (non-hydrogen) atoms. The molecule has 1 aliphatic rings. The standard InChI is InChI=1S/C15H22N2O/c1-10-4-3-5-12(8-10)18-13-6-7-14(15(16)17)11(2)9-13/h6-7,9-10,12H,3-5,8H2,1-2H3,(H3,16,17). The summed E-state index contributed by atoms with van der Waals surface area (Å²) in [5, 5.41) is 7.46. The third-order valence-electron chi connectivity index (χ3n) is 3.68. The van der Waals surface area contributed by atoms with E-state index in [4.69, 9.17) is 15.9 Å². The van der Waals surface area contributed by atoms with Gasteiger partial charge in [0.1, 0.15) is 11.6 Å². The van der Waals surface area contributed by atoms with Crippen LogP contribution < -0.4 is 10.5 Å². The second-order valence-electron chi connectivity index (χ2n) is 5.40. The van der Waals surface area contributed by atoms with Gasteiger partial charge in [-0.2, -0.15) is 0 Å². The zero-order valence-electron chi connectivity index (χ0n) is 11.2. The van der Waals surface area contributed by atoms with Crippen LogP contribution in [0.5, 0.6) is 5.75 Å². The van der Waals surface area contributed by atoms with Gasteiger partial charge >= 0.3 is 0 Å². The first-order valence-corrected chi connectivity index (χ1v) is 6.68. The molecule has 0 aliphatic heterocycles. The van der Waals surface area contributed by atoms with Gasteiger partial charge in [-0.15, -0.1) is 0 Å². The SMILES string of the molecule is Cc1cc(OC2CCCC(C)C2)ccc1C(=N)N.